The maximum atomic E-state index is 12.7. The summed E-state index contributed by atoms with van der Waals surface area (Å²) >= 11 is 6.08. The van der Waals surface area contributed by atoms with Gasteiger partial charge in [-0.15, -0.1) is 0 Å². The summed E-state index contributed by atoms with van der Waals surface area (Å²) < 4.78 is 33.2. The minimum Gasteiger partial charge on any atom is -0.408 e. The molecule has 8 nitrogen and oxygen atoms in total. The highest BCUT2D eigenvalue weighted by Crippen LogP contribution is 2.24. The Balaban J connectivity index is 1.53. The molecule has 1 aliphatic rings. The number of benzene rings is 2. The van der Waals surface area contributed by atoms with Gasteiger partial charge in [-0.2, -0.15) is 4.31 Å². The molecule has 1 fully saturated rings. The van der Waals surface area contributed by atoms with Crippen LogP contribution >= 0.6 is 11.6 Å². The van der Waals surface area contributed by atoms with E-state index < -0.39 is 21.7 Å². The number of hydrogen-bond acceptors (Lipinski definition) is 5. The molecule has 30 heavy (non-hydrogen) atoms. The number of sulfonamides is 1. The zero-order chi connectivity index (χ0) is 21.3. The lowest BCUT2D eigenvalue weighted by Gasteiger charge is -2.15. The minimum absolute atomic E-state index is 0.0703. The van der Waals surface area contributed by atoms with Crippen LogP contribution in [0, 0.1) is 0 Å². The average Bonchev–Trinajstić information content (AvgIpc) is 3.36. The number of fused-ring (bicyclic) bond motifs is 1. The quantitative estimate of drug-likeness (QED) is 0.622. The third-order valence-corrected chi connectivity index (χ3v) is 7.34. The van der Waals surface area contributed by atoms with E-state index in [-0.39, 0.29) is 23.6 Å². The first-order valence-corrected chi connectivity index (χ1v) is 11.3. The molecule has 158 valence electrons. The molecule has 1 aromatic heterocycles. The van der Waals surface area contributed by atoms with Crippen LogP contribution in [0.1, 0.15) is 18.4 Å². The number of halogens is 1. The molecular weight excluding hydrogens is 430 g/mol. The summed E-state index contributed by atoms with van der Waals surface area (Å²) in [7, 11) is -3.63. The van der Waals surface area contributed by atoms with Gasteiger partial charge in [0, 0.05) is 30.7 Å². The van der Waals surface area contributed by atoms with Crippen LogP contribution in [-0.2, 0) is 27.9 Å². The van der Waals surface area contributed by atoms with Crippen molar-refractivity contribution in [3.63, 3.8) is 0 Å². The molecule has 0 radical (unpaired) electrons. The van der Waals surface area contributed by atoms with E-state index >= 15 is 0 Å². The maximum Gasteiger partial charge on any atom is 0.420 e. The molecule has 2 aromatic carbocycles. The molecule has 1 amide bonds. The monoisotopic (exact) mass is 449 g/mol. The molecule has 2 heterocycles. The Morgan fingerprint density at radius 2 is 1.87 bits per heavy atom. The highest BCUT2D eigenvalue weighted by Gasteiger charge is 2.28. The van der Waals surface area contributed by atoms with Gasteiger partial charge >= 0.3 is 5.76 Å². The van der Waals surface area contributed by atoms with Crippen LogP contribution in [0.4, 0.5) is 0 Å². The average molecular weight is 450 g/mol. The highest BCUT2D eigenvalue weighted by molar-refractivity contribution is 7.89. The van der Waals surface area contributed by atoms with Crippen LogP contribution in [0.5, 0.6) is 0 Å². The first kappa shape index (κ1) is 20.6. The number of carbonyl (C=O) groups is 1. The Morgan fingerprint density at radius 3 is 2.60 bits per heavy atom. The van der Waals surface area contributed by atoms with Gasteiger partial charge in [-0.1, -0.05) is 29.8 Å². The Hall–Kier alpha value is -2.62. The Labute approximate surface area is 178 Å². The summed E-state index contributed by atoms with van der Waals surface area (Å²) in [4.78, 5) is 24.7. The van der Waals surface area contributed by atoms with Gasteiger partial charge < -0.3 is 9.73 Å². The van der Waals surface area contributed by atoms with Crippen molar-refractivity contribution in [1.82, 2.24) is 14.2 Å². The van der Waals surface area contributed by atoms with Gasteiger partial charge in [0.15, 0.2) is 5.58 Å². The van der Waals surface area contributed by atoms with E-state index in [0.717, 1.165) is 18.4 Å². The molecule has 0 bridgehead atoms. The van der Waals surface area contributed by atoms with Crippen molar-refractivity contribution in [1.29, 1.82) is 0 Å². The van der Waals surface area contributed by atoms with E-state index in [1.165, 1.54) is 27.1 Å². The van der Waals surface area contributed by atoms with Crippen LogP contribution in [0.2, 0.25) is 5.02 Å². The molecule has 3 aromatic rings. The second-order valence-electron chi connectivity index (χ2n) is 7.06. The van der Waals surface area contributed by atoms with Crippen molar-refractivity contribution in [2.24, 2.45) is 0 Å². The van der Waals surface area contributed by atoms with Crippen molar-refractivity contribution >= 4 is 38.6 Å². The summed E-state index contributed by atoms with van der Waals surface area (Å²) in [5.74, 6) is -1.12. The number of carbonyl (C=O) groups excluding carboxylic acids is 1. The van der Waals surface area contributed by atoms with Gasteiger partial charge in [-0.05, 0) is 36.6 Å². The van der Waals surface area contributed by atoms with Gasteiger partial charge in [-0.3, -0.25) is 9.36 Å². The van der Waals surface area contributed by atoms with Crippen LogP contribution < -0.4 is 11.1 Å². The molecule has 0 aliphatic carbocycles. The Kier molecular flexibility index (Phi) is 5.68. The third-order valence-electron chi connectivity index (χ3n) is 5.08. The van der Waals surface area contributed by atoms with Gasteiger partial charge in [0.2, 0.25) is 15.9 Å². The van der Waals surface area contributed by atoms with E-state index in [0.29, 0.717) is 23.6 Å². The van der Waals surface area contributed by atoms with Crippen molar-refractivity contribution in [3.8, 4) is 0 Å². The second-order valence-corrected chi connectivity index (χ2v) is 9.41. The summed E-state index contributed by atoms with van der Waals surface area (Å²) in [5, 5.41) is 3.25. The molecule has 0 atom stereocenters. The fourth-order valence-electron chi connectivity index (χ4n) is 3.47. The SMILES string of the molecule is O=C(Cn1c(=O)oc2cc(S(=O)(=O)N3CCCC3)ccc21)NCc1ccccc1Cl. The van der Waals surface area contributed by atoms with Crippen LogP contribution in [0.25, 0.3) is 11.1 Å². The van der Waals surface area contributed by atoms with Gasteiger partial charge in [0.25, 0.3) is 0 Å². The fourth-order valence-corrected chi connectivity index (χ4v) is 5.21. The number of nitrogens with zero attached hydrogens (tertiary/aromatic N) is 2. The number of aromatic nitrogens is 1. The first-order valence-electron chi connectivity index (χ1n) is 9.50. The standard InChI is InChI=1S/C20H20ClN3O5S/c21-16-6-2-1-5-14(16)12-22-19(25)13-24-17-8-7-15(11-18(17)29-20(24)26)30(27,28)23-9-3-4-10-23/h1-2,5-8,11H,3-4,9-10,12-13H2,(H,22,25). The molecule has 0 spiro atoms. The van der Waals surface area contributed by atoms with E-state index in [4.69, 9.17) is 16.0 Å². The molecule has 0 saturated carbocycles. The highest BCUT2D eigenvalue weighted by atomic mass is 35.5. The smallest absolute Gasteiger partial charge is 0.408 e. The van der Waals surface area contributed by atoms with Crippen molar-refractivity contribution in [3.05, 3.63) is 63.6 Å². The van der Waals surface area contributed by atoms with E-state index in [9.17, 15) is 18.0 Å². The zero-order valence-electron chi connectivity index (χ0n) is 16.0. The molecule has 1 N–H and O–H groups in total. The Bertz CT molecular complexity index is 1260. The summed E-state index contributed by atoms with van der Waals surface area (Å²) in [6, 6.07) is 11.4. The molecular formula is C20H20ClN3O5S. The summed E-state index contributed by atoms with van der Waals surface area (Å²) in [6.45, 7) is 0.934. The molecule has 1 saturated heterocycles. The topological polar surface area (TPSA) is 102 Å². The van der Waals surface area contributed by atoms with Crippen molar-refractivity contribution in [2.75, 3.05) is 13.1 Å². The molecule has 0 unspecified atom stereocenters. The van der Waals surface area contributed by atoms with Crippen LogP contribution in [0.15, 0.2) is 56.6 Å². The lowest BCUT2D eigenvalue weighted by molar-refractivity contribution is -0.121. The summed E-state index contributed by atoms with van der Waals surface area (Å²) in [5.41, 5.74) is 1.24. The number of rotatable bonds is 6. The number of amides is 1. The van der Waals surface area contributed by atoms with Gasteiger partial charge in [0.1, 0.15) is 6.54 Å². The number of nitrogens with one attached hydrogen (secondary N) is 1. The van der Waals surface area contributed by atoms with Crippen LogP contribution in [0.3, 0.4) is 0 Å². The third kappa shape index (κ3) is 4.00. The van der Waals surface area contributed by atoms with E-state index in [1.54, 1.807) is 18.2 Å². The van der Waals surface area contributed by atoms with Gasteiger partial charge in [0.05, 0.1) is 10.4 Å². The number of hydrogen-bond donors (Lipinski definition) is 1. The van der Waals surface area contributed by atoms with Crippen molar-refractivity contribution in [2.45, 2.75) is 30.8 Å². The summed E-state index contributed by atoms with van der Waals surface area (Å²) in [6.07, 6.45) is 1.66. The van der Waals surface area contributed by atoms with E-state index in [1.807, 2.05) is 6.07 Å². The van der Waals surface area contributed by atoms with Gasteiger partial charge in [-0.25, -0.2) is 13.2 Å². The molecule has 10 heteroatoms. The molecule has 1 aliphatic heterocycles. The minimum atomic E-state index is -3.63. The maximum absolute atomic E-state index is 12.7. The lowest BCUT2D eigenvalue weighted by atomic mass is 10.2. The number of oxazole rings is 1. The predicted octanol–water partition coefficient (Wildman–Crippen LogP) is 2.35. The zero-order valence-corrected chi connectivity index (χ0v) is 17.6. The first-order chi connectivity index (χ1) is 14.4. The fraction of sp³-hybridized carbons (Fsp3) is 0.300. The lowest BCUT2D eigenvalue weighted by Crippen LogP contribution is -2.30. The van der Waals surface area contributed by atoms with Crippen LogP contribution in [-0.4, -0.2) is 36.3 Å². The normalized spacial score (nSPS) is 15.0. The second kappa shape index (κ2) is 8.25. The molecule has 4 rings (SSSR count). The largest absolute Gasteiger partial charge is 0.420 e. The van der Waals surface area contributed by atoms with Crippen molar-refractivity contribution < 1.29 is 17.6 Å². The van der Waals surface area contributed by atoms with E-state index in [2.05, 4.69) is 5.32 Å². The predicted molar refractivity (Wildman–Crippen MR) is 112 cm³/mol. The Morgan fingerprint density at radius 1 is 1.13 bits per heavy atom.